The van der Waals surface area contributed by atoms with Gasteiger partial charge in [-0.25, -0.2) is 5.48 Å². The average molecular weight is 386 g/mol. The molecule has 1 aliphatic rings. The smallest absolute Gasteiger partial charge is 0.271 e. The largest absolute Gasteiger partial charge is 0.416 e. The average Bonchev–Trinajstić information content (AvgIpc) is 2.82. The second-order valence-electron chi connectivity index (χ2n) is 5.01. The topological polar surface area (TPSA) is 75.7 Å². The Balaban J connectivity index is 2.06. The zero-order chi connectivity index (χ0) is 19.3. The summed E-state index contributed by atoms with van der Waals surface area (Å²) in [7, 11) is 0. The van der Waals surface area contributed by atoms with Gasteiger partial charge in [0, 0.05) is 0 Å². The molecule has 1 heterocycles. The van der Waals surface area contributed by atoms with Crippen molar-refractivity contribution in [3.05, 3.63) is 53.0 Å². The summed E-state index contributed by atoms with van der Waals surface area (Å²) in [6.07, 6.45) is -1.78. The number of thioether (sulfide) groups is 1. The first kappa shape index (κ1) is 19.7. The molecule has 10 heteroatoms. The van der Waals surface area contributed by atoms with Gasteiger partial charge < -0.3 is 0 Å². The molecule has 1 N–H and O–H groups in total. The van der Waals surface area contributed by atoms with Crippen LogP contribution in [0.15, 0.2) is 41.8 Å². The third-order valence-electron chi connectivity index (χ3n) is 3.10. The summed E-state index contributed by atoms with van der Waals surface area (Å²) in [6, 6.07) is 4.13. The first-order chi connectivity index (χ1) is 12.2. The lowest BCUT2D eigenvalue weighted by molar-refractivity contribution is -0.137. The molecule has 3 amide bonds. The van der Waals surface area contributed by atoms with Gasteiger partial charge in [0.15, 0.2) is 0 Å². The number of nitrogens with one attached hydrogen (secondary N) is 1. The van der Waals surface area contributed by atoms with Gasteiger partial charge in [-0.2, -0.15) is 13.2 Å². The van der Waals surface area contributed by atoms with Crippen molar-refractivity contribution in [1.82, 2.24) is 10.4 Å². The Morgan fingerprint density at radius 1 is 1.27 bits per heavy atom. The number of halogens is 3. The molecule has 1 aromatic rings. The van der Waals surface area contributed by atoms with Crippen LogP contribution in [0.2, 0.25) is 0 Å². The van der Waals surface area contributed by atoms with Crippen LogP contribution < -0.4 is 5.48 Å². The van der Waals surface area contributed by atoms with Crippen molar-refractivity contribution in [2.24, 2.45) is 0 Å². The van der Waals surface area contributed by atoms with Crippen LogP contribution in [0.3, 0.4) is 0 Å². The Kier molecular flexibility index (Phi) is 6.22. The molecule has 138 valence electrons. The Morgan fingerprint density at radius 2 is 1.92 bits per heavy atom. The Morgan fingerprint density at radius 3 is 2.50 bits per heavy atom. The standard InChI is InChI=1S/C16H13F3N2O4S/c1-2-7-25-20-13(22)9-21-14(23)12(26-15(21)24)8-10-3-5-11(6-4-10)16(17,18)19/h2-6,8H,1,7,9H2,(H,20,22)/b12-8-. The van der Waals surface area contributed by atoms with Crippen molar-refractivity contribution in [3.8, 4) is 0 Å². The van der Waals surface area contributed by atoms with Crippen molar-refractivity contribution in [3.63, 3.8) is 0 Å². The van der Waals surface area contributed by atoms with E-state index in [1.807, 2.05) is 5.48 Å². The molecule has 0 saturated carbocycles. The molecule has 0 atom stereocenters. The lowest BCUT2D eigenvalue weighted by Gasteiger charge is -2.11. The normalized spacial score (nSPS) is 16.3. The number of carbonyl (C=O) groups excluding carboxylic acids is 3. The first-order valence-corrected chi connectivity index (χ1v) is 7.98. The third kappa shape index (κ3) is 4.96. The minimum absolute atomic E-state index is 0.00886. The number of imide groups is 1. The van der Waals surface area contributed by atoms with Gasteiger partial charge in [0.2, 0.25) is 0 Å². The van der Waals surface area contributed by atoms with E-state index in [1.165, 1.54) is 24.3 Å². The van der Waals surface area contributed by atoms with E-state index in [2.05, 4.69) is 6.58 Å². The fraction of sp³-hybridized carbons (Fsp3) is 0.188. The summed E-state index contributed by atoms with van der Waals surface area (Å²) in [5.74, 6) is -1.41. The number of hydroxylamine groups is 1. The van der Waals surface area contributed by atoms with E-state index in [0.29, 0.717) is 22.2 Å². The zero-order valence-corrected chi connectivity index (χ0v) is 14.0. The van der Waals surface area contributed by atoms with E-state index in [1.54, 1.807) is 0 Å². The molecule has 0 unspecified atom stereocenters. The Bertz CT molecular complexity index is 760. The van der Waals surface area contributed by atoms with Crippen LogP contribution in [0.1, 0.15) is 11.1 Å². The fourth-order valence-corrected chi connectivity index (χ4v) is 2.75. The maximum absolute atomic E-state index is 12.5. The maximum Gasteiger partial charge on any atom is 0.416 e. The molecule has 0 bridgehead atoms. The van der Waals surface area contributed by atoms with Gasteiger partial charge in [0.1, 0.15) is 6.54 Å². The van der Waals surface area contributed by atoms with Crippen molar-refractivity contribution in [1.29, 1.82) is 0 Å². The van der Waals surface area contributed by atoms with E-state index in [9.17, 15) is 27.6 Å². The van der Waals surface area contributed by atoms with Crippen LogP contribution in [-0.4, -0.2) is 35.1 Å². The Hall–Kier alpha value is -2.59. The third-order valence-corrected chi connectivity index (χ3v) is 4.01. The summed E-state index contributed by atoms with van der Waals surface area (Å²) in [5.41, 5.74) is 1.55. The minimum Gasteiger partial charge on any atom is -0.271 e. The molecule has 0 spiro atoms. The quantitative estimate of drug-likeness (QED) is 0.352. The van der Waals surface area contributed by atoms with Gasteiger partial charge in [0.25, 0.3) is 17.1 Å². The maximum atomic E-state index is 12.5. The van der Waals surface area contributed by atoms with Crippen molar-refractivity contribution in [2.45, 2.75) is 6.18 Å². The number of hydrogen-bond donors (Lipinski definition) is 1. The van der Waals surface area contributed by atoms with Gasteiger partial charge in [0.05, 0.1) is 17.1 Å². The Labute approximate surface area is 150 Å². The monoisotopic (exact) mass is 386 g/mol. The minimum atomic E-state index is -4.46. The molecule has 1 saturated heterocycles. The predicted octanol–water partition coefficient (Wildman–Crippen LogP) is 2.98. The van der Waals surface area contributed by atoms with Gasteiger partial charge in [-0.15, -0.1) is 6.58 Å². The number of alkyl halides is 3. The van der Waals surface area contributed by atoms with E-state index in [4.69, 9.17) is 4.84 Å². The molecule has 1 aliphatic heterocycles. The zero-order valence-electron chi connectivity index (χ0n) is 13.2. The van der Waals surface area contributed by atoms with E-state index < -0.39 is 35.3 Å². The molecule has 2 rings (SSSR count). The number of carbonyl (C=O) groups is 3. The van der Waals surface area contributed by atoms with Crippen LogP contribution in [0.25, 0.3) is 6.08 Å². The highest BCUT2D eigenvalue weighted by Gasteiger charge is 2.36. The predicted molar refractivity (Wildman–Crippen MR) is 88.4 cm³/mol. The second kappa shape index (κ2) is 8.19. The van der Waals surface area contributed by atoms with Crippen LogP contribution in [0.4, 0.5) is 18.0 Å². The van der Waals surface area contributed by atoms with E-state index >= 15 is 0 Å². The summed E-state index contributed by atoms with van der Waals surface area (Å²) in [6.45, 7) is 2.91. The highest BCUT2D eigenvalue weighted by molar-refractivity contribution is 8.18. The van der Waals surface area contributed by atoms with Crippen LogP contribution in [0, 0.1) is 0 Å². The molecular formula is C16H13F3N2O4S. The summed E-state index contributed by atoms with van der Waals surface area (Å²) < 4.78 is 37.6. The lowest BCUT2D eigenvalue weighted by Crippen LogP contribution is -2.39. The van der Waals surface area contributed by atoms with Gasteiger partial charge >= 0.3 is 6.18 Å². The summed E-state index contributed by atoms with van der Waals surface area (Å²) >= 11 is 0.596. The SMILES string of the molecule is C=CCONC(=O)CN1C(=O)S/C(=C\c2ccc(C(F)(F)F)cc2)C1=O. The van der Waals surface area contributed by atoms with E-state index in [-0.39, 0.29) is 11.5 Å². The number of benzene rings is 1. The summed E-state index contributed by atoms with van der Waals surface area (Å²) in [5, 5.41) is -0.660. The molecule has 0 aromatic heterocycles. The first-order valence-electron chi connectivity index (χ1n) is 7.16. The molecule has 26 heavy (non-hydrogen) atoms. The van der Waals surface area contributed by atoms with Gasteiger partial charge in [-0.1, -0.05) is 18.2 Å². The lowest BCUT2D eigenvalue weighted by atomic mass is 10.1. The molecular weight excluding hydrogens is 373 g/mol. The molecule has 0 aliphatic carbocycles. The number of amides is 3. The molecule has 6 nitrogen and oxygen atoms in total. The fourth-order valence-electron chi connectivity index (χ4n) is 1.91. The summed E-state index contributed by atoms with van der Waals surface area (Å²) in [4.78, 5) is 41.1. The van der Waals surface area contributed by atoms with Gasteiger partial charge in [-0.3, -0.25) is 24.1 Å². The highest BCUT2D eigenvalue weighted by Crippen LogP contribution is 2.33. The second-order valence-corrected chi connectivity index (χ2v) is 6.01. The van der Waals surface area contributed by atoms with Crippen LogP contribution in [0.5, 0.6) is 0 Å². The molecule has 1 aromatic carbocycles. The van der Waals surface area contributed by atoms with Crippen molar-refractivity contribution >= 4 is 34.9 Å². The number of hydrogen-bond acceptors (Lipinski definition) is 5. The number of nitrogens with zero attached hydrogens (tertiary/aromatic N) is 1. The molecule has 0 radical (unpaired) electrons. The van der Waals surface area contributed by atoms with Crippen LogP contribution >= 0.6 is 11.8 Å². The number of rotatable bonds is 6. The van der Waals surface area contributed by atoms with Crippen molar-refractivity contribution in [2.75, 3.05) is 13.2 Å². The van der Waals surface area contributed by atoms with Crippen molar-refractivity contribution < 1.29 is 32.4 Å². The van der Waals surface area contributed by atoms with E-state index in [0.717, 1.165) is 12.1 Å². The van der Waals surface area contributed by atoms with Crippen LogP contribution in [-0.2, 0) is 20.6 Å². The van der Waals surface area contributed by atoms with Gasteiger partial charge in [-0.05, 0) is 35.5 Å². The molecule has 1 fully saturated rings. The highest BCUT2D eigenvalue weighted by atomic mass is 32.2.